The van der Waals surface area contributed by atoms with Gasteiger partial charge in [-0.05, 0) is 31.6 Å². The van der Waals surface area contributed by atoms with E-state index in [1.54, 1.807) is 6.20 Å². The Morgan fingerprint density at radius 1 is 1.29 bits per heavy atom. The SMILES string of the molecule is CC1=NCC(C)=C1c1ccc(N)nc1. The van der Waals surface area contributed by atoms with Crippen LogP contribution in [-0.4, -0.2) is 17.2 Å². The lowest BCUT2D eigenvalue weighted by Gasteiger charge is -2.04. The van der Waals surface area contributed by atoms with Crippen LogP contribution in [0.4, 0.5) is 5.82 Å². The molecule has 2 N–H and O–H groups in total. The highest BCUT2D eigenvalue weighted by molar-refractivity contribution is 6.25. The quantitative estimate of drug-likeness (QED) is 0.730. The lowest BCUT2D eigenvalue weighted by atomic mass is 10.0. The lowest BCUT2D eigenvalue weighted by Crippen LogP contribution is -1.97. The number of aromatic nitrogens is 1. The second-order valence-corrected chi connectivity index (χ2v) is 3.53. The molecule has 0 aliphatic carbocycles. The predicted molar refractivity (Wildman–Crippen MR) is 59.2 cm³/mol. The highest BCUT2D eigenvalue weighted by atomic mass is 14.8. The normalized spacial score (nSPS) is 16.0. The third-order valence-corrected chi connectivity index (χ3v) is 2.42. The second kappa shape index (κ2) is 3.25. The van der Waals surface area contributed by atoms with Crippen LogP contribution in [0, 0.1) is 0 Å². The molecule has 0 saturated carbocycles. The molecule has 2 rings (SSSR count). The molecule has 3 nitrogen and oxygen atoms in total. The molecule has 0 radical (unpaired) electrons. The minimum absolute atomic E-state index is 0.555. The van der Waals surface area contributed by atoms with E-state index in [0.717, 1.165) is 17.8 Å². The Balaban J connectivity index is 2.45. The Hall–Kier alpha value is -1.64. The average molecular weight is 187 g/mol. The minimum Gasteiger partial charge on any atom is -0.384 e. The number of pyridine rings is 1. The Kier molecular flexibility index (Phi) is 2.08. The first kappa shape index (κ1) is 8.94. The molecule has 0 unspecified atom stereocenters. The summed E-state index contributed by atoms with van der Waals surface area (Å²) in [5, 5.41) is 0. The molecule has 0 bridgehead atoms. The number of aliphatic imine (C=N–C) groups is 1. The number of allylic oxidation sites excluding steroid dienone is 1. The average Bonchev–Trinajstić information content (AvgIpc) is 2.49. The maximum absolute atomic E-state index is 5.54. The van der Waals surface area contributed by atoms with Gasteiger partial charge in [0, 0.05) is 23.0 Å². The Labute approximate surface area is 83.4 Å². The Morgan fingerprint density at radius 2 is 2.07 bits per heavy atom. The smallest absolute Gasteiger partial charge is 0.123 e. The van der Waals surface area contributed by atoms with Crippen molar-refractivity contribution in [2.24, 2.45) is 4.99 Å². The number of hydrogen-bond acceptors (Lipinski definition) is 3. The Morgan fingerprint density at radius 3 is 2.57 bits per heavy atom. The summed E-state index contributed by atoms with van der Waals surface area (Å²) in [6.07, 6.45) is 1.80. The zero-order valence-electron chi connectivity index (χ0n) is 8.41. The third-order valence-electron chi connectivity index (χ3n) is 2.42. The highest BCUT2D eigenvalue weighted by Crippen LogP contribution is 2.25. The highest BCUT2D eigenvalue weighted by Gasteiger charge is 2.14. The summed E-state index contributed by atoms with van der Waals surface area (Å²) in [6, 6.07) is 3.81. The van der Waals surface area contributed by atoms with E-state index in [2.05, 4.69) is 16.9 Å². The number of hydrogen-bond donors (Lipinski definition) is 1. The predicted octanol–water partition coefficient (Wildman–Crippen LogP) is 1.91. The van der Waals surface area contributed by atoms with E-state index in [4.69, 9.17) is 5.73 Å². The van der Waals surface area contributed by atoms with Crippen LogP contribution in [-0.2, 0) is 0 Å². The van der Waals surface area contributed by atoms with Crippen molar-refractivity contribution in [2.75, 3.05) is 12.3 Å². The molecular formula is C11H13N3. The molecule has 14 heavy (non-hydrogen) atoms. The van der Waals surface area contributed by atoms with E-state index < -0.39 is 0 Å². The van der Waals surface area contributed by atoms with Gasteiger partial charge < -0.3 is 5.73 Å². The van der Waals surface area contributed by atoms with Gasteiger partial charge in [0.15, 0.2) is 0 Å². The first-order chi connectivity index (χ1) is 6.68. The van der Waals surface area contributed by atoms with Gasteiger partial charge in [0.1, 0.15) is 5.82 Å². The maximum atomic E-state index is 5.54. The number of rotatable bonds is 1. The molecule has 0 fully saturated rings. The van der Waals surface area contributed by atoms with E-state index >= 15 is 0 Å². The lowest BCUT2D eigenvalue weighted by molar-refractivity contribution is 1.17. The molecule has 0 spiro atoms. The van der Waals surface area contributed by atoms with Gasteiger partial charge in [0.25, 0.3) is 0 Å². The molecule has 0 atom stereocenters. The fourth-order valence-corrected chi connectivity index (χ4v) is 1.71. The van der Waals surface area contributed by atoms with Crippen molar-refractivity contribution in [3.05, 3.63) is 29.5 Å². The van der Waals surface area contributed by atoms with Crippen LogP contribution in [0.5, 0.6) is 0 Å². The first-order valence-electron chi connectivity index (χ1n) is 4.61. The number of nitrogens with zero attached hydrogens (tertiary/aromatic N) is 2. The topological polar surface area (TPSA) is 51.3 Å². The van der Waals surface area contributed by atoms with Crippen molar-refractivity contribution >= 4 is 17.1 Å². The molecule has 1 aliphatic rings. The molecule has 2 heterocycles. The molecular weight excluding hydrogens is 174 g/mol. The van der Waals surface area contributed by atoms with Crippen LogP contribution in [0.2, 0.25) is 0 Å². The summed E-state index contributed by atoms with van der Waals surface area (Å²) >= 11 is 0. The van der Waals surface area contributed by atoms with Crippen LogP contribution in [0.1, 0.15) is 19.4 Å². The van der Waals surface area contributed by atoms with Crippen molar-refractivity contribution in [1.82, 2.24) is 4.98 Å². The van der Waals surface area contributed by atoms with E-state index in [-0.39, 0.29) is 0 Å². The molecule has 1 aliphatic heterocycles. The molecule has 0 aromatic carbocycles. The van der Waals surface area contributed by atoms with Crippen LogP contribution < -0.4 is 5.73 Å². The number of nitrogens with two attached hydrogens (primary N) is 1. The van der Waals surface area contributed by atoms with E-state index in [1.165, 1.54) is 11.1 Å². The van der Waals surface area contributed by atoms with Crippen LogP contribution in [0.25, 0.3) is 5.57 Å². The minimum atomic E-state index is 0.555. The fraction of sp³-hybridized carbons (Fsp3) is 0.273. The summed E-state index contributed by atoms with van der Waals surface area (Å²) in [7, 11) is 0. The van der Waals surface area contributed by atoms with Crippen molar-refractivity contribution in [3.8, 4) is 0 Å². The van der Waals surface area contributed by atoms with Gasteiger partial charge in [0.05, 0.1) is 6.54 Å². The molecule has 72 valence electrons. The largest absolute Gasteiger partial charge is 0.384 e. The maximum Gasteiger partial charge on any atom is 0.123 e. The summed E-state index contributed by atoms with van der Waals surface area (Å²) in [5.74, 6) is 0.555. The molecule has 3 heteroatoms. The van der Waals surface area contributed by atoms with Gasteiger partial charge in [-0.25, -0.2) is 4.98 Å². The molecule has 0 amide bonds. The van der Waals surface area contributed by atoms with Crippen LogP contribution in [0.15, 0.2) is 28.9 Å². The van der Waals surface area contributed by atoms with Gasteiger partial charge in [-0.3, -0.25) is 4.99 Å². The van der Waals surface area contributed by atoms with Crippen LogP contribution >= 0.6 is 0 Å². The van der Waals surface area contributed by atoms with Crippen molar-refractivity contribution in [3.63, 3.8) is 0 Å². The van der Waals surface area contributed by atoms with Gasteiger partial charge in [-0.2, -0.15) is 0 Å². The van der Waals surface area contributed by atoms with E-state index in [9.17, 15) is 0 Å². The summed E-state index contributed by atoms with van der Waals surface area (Å²) in [6.45, 7) is 4.94. The van der Waals surface area contributed by atoms with Gasteiger partial charge in [-0.1, -0.05) is 0 Å². The number of nitrogen functional groups attached to an aromatic ring is 1. The number of anilines is 1. The zero-order chi connectivity index (χ0) is 10.1. The van der Waals surface area contributed by atoms with Crippen molar-refractivity contribution in [2.45, 2.75) is 13.8 Å². The monoisotopic (exact) mass is 187 g/mol. The van der Waals surface area contributed by atoms with E-state index in [0.29, 0.717) is 5.82 Å². The third kappa shape index (κ3) is 1.41. The summed E-state index contributed by atoms with van der Waals surface area (Å²) < 4.78 is 0. The molecule has 1 aromatic heterocycles. The van der Waals surface area contributed by atoms with Crippen molar-refractivity contribution < 1.29 is 0 Å². The summed E-state index contributed by atoms with van der Waals surface area (Å²) in [5.41, 5.74) is 10.3. The summed E-state index contributed by atoms with van der Waals surface area (Å²) in [4.78, 5) is 8.46. The van der Waals surface area contributed by atoms with Gasteiger partial charge in [-0.15, -0.1) is 0 Å². The zero-order valence-corrected chi connectivity index (χ0v) is 8.41. The van der Waals surface area contributed by atoms with Crippen LogP contribution in [0.3, 0.4) is 0 Å². The van der Waals surface area contributed by atoms with Gasteiger partial charge in [0.2, 0.25) is 0 Å². The van der Waals surface area contributed by atoms with Crippen molar-refractivity contribution in [1.29, 1.82) is 0 Å². The molecule has 0 saturated heterocycles. The Bertz CT molecular complexity index is 413. The second-order valence-electron chi connectivity index (χ2n) is 3.53. The fourth-order valence-electron chi connectivity index (χ4n) is 1.71. The van der Waals surface area contributed by atoms with E-state index in [1.807, 2.05) is 19.1 Å². The molecule has 1 aromatic rings. The standard InChI is InChI=1S/C11H13N3/c1-7-5-13-8(2)11(7)9-3-4-10(12)14-6-9/h3-4,6H,5H2,1-2H3,(H2,12,14). The van der Waals surface area contributed by atoms with Gasteiger partial charge >= 0.3 is 0 Å². The first-order valence-corrected chi connectivity index (χ1v) is 4.61.